The lowest BCUT2D eigenvalue weighted by molar-refractivity contribution is -0.121. The minimum atomic E-state index is -0.763. The number of ether oxygens (including phenoxy) is 2. The minimum absolute atomic E-state index is 0.00283. The van der Waals surface area contributed by atoms with Gasteiger partial charge in [0.05, 0.1) is 19.3 Å². The van der Waals surface area contributed by atoms with Gasteiger partial charge in [0, 0.05) is 0 Å². The third-order valence-electron chi connectivity index (χ3n) is 2.47. The second-order valence-electron chi connectivity index (χ2n) is 5.63. The molecule has 1 heterocycles. The van der Waals surface area contributed by atoms with Crippen molar-refractivity contribution in [3.8, 4) is 0 Å². The summed E-state index contributed by atoms with van der Waals surface area (Å²) < 4.78 is 10.7. The van der Waals surface area contributed by atoms with Gasteiger partial charge in [-0.15, -0.1) is 5.10 Å². The Hall–Kier alpha value is -2.45. The average molecular weight is 312 g/mol. The van der Waals surface area contributed by atoms with E-state index in [1.54, 1.807) is 20.8 Å². The largest absolute Gasteiger partial charge is 0.464 e. The van der Waals surface area contributed by atoms with Gasteiger partial charge in [-0.3, -0.25) is 4.79 Å². The van der Waals surface area contributed by atoms with Crippen molar-refractivity contribution in [2.45, 2.75) is 45.9 Å². The fourth-order valence-corrected chi connectivity index (χ4v) is 1.44. The maximum absolute atomic E-state index is 12.0. The van der Waals surface area contributed by atoms with E-state index in [0.29, 0.717) is 0 Å². The molecule has 0 radical (unpaired) electrons. The highest BCUT2D eigenvalue weighted by molar-refractivity contribution is 5.88. The molecule has 122 valence electrons. The van der Waals surface area contributed by atoms with Crippen LogP contribution in [0, 0.1) is 0 Å². The van der Waals surface area contributed by atoms with Crippen molar-refractivity contribution in [2.24, 2.45) is 0 Å². The Morgan fingerprint density at radius 1 is 1.36 bits per heavy atom. The number of methoxy groups -OCH3 is 1. The molecule has 0 saturated heterocycles. The number of nitrogens with one attached hydrogen (secondary N) is 1. The van der Waals surface area contributed by atoms with E-state index in [9.17, 15) is 14.4 Å². The predicted octanol–water partition coefficient (Wildman–Crippen LogP) is 0.547. The minimum Gasteiger partial charge on any atom is -0.464 e. The van der Waals surface area contributed by atoms with Crippen LogP contribution in [0.4, 0.5) is 4.79 Å². The van der Waals surface area contributed by atoms with Crippen LogP contribution in [0.3, 0.4) is 0 Å². The summed E-state index contributed by atoms with van der Waals surface area (Å²) in [7, 11) is 1.22. The molecule has 1 amide bonds. The first-order valence-electron chi connectivity index (χ1n) is 6.63. The van der Waals surface area contributed by atoms with Crippen LogP contribution in [-0.2, 0) is 20.8 Å². The molecule has 1 aromatic rings. The zero-order chi connectivity index (χ0) is 16.9. The van der Waals surface area contributed by atoms with Crippen LogP contribution in [0.1, 0.15) is 38.2 Å². The molecule has 0 unspecified atom stereocenters. The number of Topliss-reactive ketones (excluding diaryl/α,β-unsaturated/α-hetero) is 1. The van der Waals surface area contributed by atoms with Crippen LogP contribution in [0.15, 0.2) is 6.20 Å². The molecule has 1 atom stereocenters. The highest BCUT2D eigenvalue weighted by Gasteiger charge is 2.21. The molecule has 1 rings (SSSR count). The molecule has 1 aromatic heterocycles. The Bertz CT molecular complexity index is 561. The monoisotopic (exact) mass is 312 g/mol. The summed E-state index contributed by atoms with van der Waals surface area (Å²) in [4.78, 5) is 34.8. The third-order valence-corrected chi connectivity index (χ3v) is 2.47. The molecule has 0 saturated carbocycles. The fourth-order valence-electron chi connectivity index (χ4n) is 1.44. The van der Waals surface area contributed by atoms with Crippen molar-refractivity contribution in [2.75, 3.05) is 7.11 Å². The number of carbonyl (C=O) groups is 3. The maximum Gasteiger partial charge on any atom is 0.408 e. The van der Waals surface area contributed by atoms with Gasteiger partial charge in [-0.1, -0.05) is 5.21 Å². The SMILES string of the molecule is COC(=O)c1cn(CC(=O)[C@H](C)NC(=O)OC(C)(C)C)nn1. The van der Waals surface area contributed by atoms with Gasteiger partial charge < -0.3 is 14.8 Å². The predicted molar refractivity (Wildman–Crippen MR) is 75.2 cm³/mol. The van der Waals surface area contributed by atoms with Crippen LogP contribution < -0.4 is 5.32 Å². The molecular formula is C13H20N4O5. The topological polar surface area (TPSA) is 112 Å². The van der Waals surface area contributed by atoms with E-state index >= 15 is 0 Å². The molecular weight excluding hydrogens is 292 g/mol. The van der Waals surface area contributed by atoms with Crippen molar-refractivity contribution in [3.63, 3.8) is 0 Å². The van der Waals surface area contributed by atoms with Crippen LogP contribution in [0.5, 0.6) is 0 Å². The Labute approximate surface area is 128 Å². The van der Waals surface area contributed by atoms with Gasteiger partial charge >= 0.3 is 12.1 Å². The van der Waals surface area contributed by atoms with E-state index in [2.05, 4.69) is 20.4 Å². The quantitative estimate of drug-likeness (QED) is 0.790. The number of hydrogen-bond acceptors (Lipinski definition) is 7. The second kappa shape index (κ2) is 7.01. The summed E-state index contributed by atoms with van der Waals surface area (Å²) in [5.74, 6) is -0.953. The lowest BCUT2D eigenvalue weighted by Crippen LogP contribution is -2.42. The zero-order valence-electron chi connectivity index (χ0n) is 13.2. The molecule has 0 aliphatic carbocycles. The van der Waals surface area contributed by atoms with Crippen molar-refractivity contribution >= 4 is 17.8 Å². The number of ketones is 1. The molecule has 1 N–H and O–H groups in total. The van der Waals surface area contributed by atoms with E-state index in [0.717, 1.165) is 0 Å². The average Bonchev–Trinajstić information content (AvgIpc) is 2.83. The first-order valence-corrected chi connectivity index (χ1v) is 6.63. The third kappa shape index (κ3) is 5.51. The lowest BCUT2D eigenvalue weighted by atomic mass is 10.2. The van der Waals surface area contributed by atoms with Crippen molar-refractivity contribution in [1.29, 1.82) is 0 Å². The zero-order valence-corrected chi connectivity index (χ0v) is 13.2. The first kappa shape index (κ1) is 17.6. The van der Waals surface area contributed by atoms with Gasteiger partial charge in [0.15, 0.2) is 11.5 Å². The maximum atomic E-state index is 12.0. The van der Waals surface area contributed by atoms with Crippen LogP contribution in [0.2, 0.25) is 0 Å². The van der Waals surface area contributed by atoms with Crippen LogP contribution >= 0.6 is 0 Å². The molecule has 0 aliphatic rings. The Balaban J connectivity index is 2.56. The van der Waals surface area contributed by atoms with Gasteiger partial charge in [-0.05, 0) is 27.7 Å². The highest BCUT2D eigenvalue weighted by atomic mass is 16.6. The van der Waals surface area contributed by atoms with Crippen molar-refractivity contribution in [1.82, 2.24) is 20.3 Å². The summed E-state index contributed by atoms with van der Waals surface area (Å²) >= 11 is 0. The molecule has 0 aromatic carbocycles. The number of nitrogens with zero attached hydrogens (tertiary/aromatic N) is 3. The molecule has 0 fully saturated rings. The van der Waals surface area contributed by atoms with Gasteiger partial charge in [-0.25, -0.2) is 14.3 Å². The molecule has 22 heavy (non-hydrogen) atoms. The highest BCUT2D eigenvalue weighted by Crippen LogP contribution is 2.07. The number of aromatic nitrogens is 3. The molecule has 0 bridgehead atoms. The van der Waals surface area contributed by atoms with E-state index < -0.39 is 23.7 Å². The van der Waals surface area contributed by atoms with Crippen LogP contribution in [-0.4, -0.2) is 51.6 Å². The molecule has 0 aliphatic heterocycles. The second-order valence-corrected chi connectivity index (χ2v) is 5.63. The first-order chi connectivity index (χ1) is 10.1. The summed E-state index contributed by atoms with van der Waals surface area (Å²) in [5.41, 5.74) is -0.642. The molecule has 9 nitrogen and oxygen atoms in total. The molecule has 0 spiro atoms. The number of alkyl carbamates (subject to hydrolysis) is 1. The standard InChI is InChI=1S/C13H20N4O5/c1-8(14-12(20)22-13(2,3)4)10(18)7-17-6-9(15-16-17)11(19)21-5/h6,8H,7H2,1-5H3,(H,14,20)/t8-/m0/s1. The molecule has 9 heteroatoms. The smallest absolute Gasteiger partial charge is 0.408 e. The number of hydrogen-bond donors (Lipinski definition) is 1. The summed E-state index contributed by atoms with van der Waals surface area (Å²) in [6.07, 6.45) is 0.617. The normalized spacial score (nSPS) is 12.4. The van der Waals surface area contributed by atoms with Crippen LogP contribution in [0.25, 0.3) is 0 Å². The number of rotatable bonds is 5. The number of esters is 1. The van der Waals surface area contributed by atoms with Crippen molar-refractivity contribution < 1.29 is 23.9 Å². The Kier molecular flexibility index (Phi) is 5.61. The number of carbonyl (C=O) groups excluding carboxylic acids is 3. The summed E-state index contributed by atoms with van der Waals surface area (Å²) in [6, 6.07) is -0.763. The van der Waals surface area contributed by atoms with Gasteiger partial charge in [0.2, 0.25) is 0 Å². The summed E-state index contributed by atoms with van der Waals surface area (Å²) in [6.45, 7) is 6.57. The van der Waals surface area contributed by atoms with Gasteiger partial charge in [-0.2, -0.15) is 0 Å². The van der Waals surface area contributed by atoms with Gasteiger partial charge in [0.25, 0.3) is 0 Å². The number of amides is 1. The fraction of sp³-hybridized carbons (Fsp3) is 0.615. The van der Waals surface area contributed by atoms with Crippen molar-refractivity contribution in [3.05, 3.63) is 11.9 Å². The van der Waals surface area contributed by atoms with E-state index in [4.69, 9.17) is 4.74 Å². The van der Waals surface area contributed by atoms with E-state index in [1.165, 1.54) is 24.9 Å². The van der Waals surface area contributed by atoms with E-state index in [1.807, 2.05) is 0 Å². The lowest BCUT2D eigenvalue weighted by Gasteiger charge is -2.21. The van der Waals surface area contributed by atoms with E-state index in [-0.39, 0.29) is 18.0 Å². The summed E-state index contributed by atoms with van der Waals surface area (Å²) in [5, 5.41) is 9.66. The Morgan fingerprint density at radius 3 is 2.55 bits per heavy atom. The van der Waals surface area contributed by atoms with Gasteiger partial charge in [0.1, 0.15) is 12.1 Å². The Morgan fingerprint density at radius 2 is 2.00 bits per heavy atom.